The van der Waals surface area contributed by atoms with Gasteiger partial charge in [-0.25, -0.2) is 21.2 Å². The summed E-state index contributed by atoms with van der Waals surface area (Å²) in [5, 5.41) is 9.55. The first-order valence-corrected chi connectivity index (χ1v) is 11.5. The summed E-state index contributed by atoms with van der Waals surface area (Å²) in [6, 6.07) is 16.2. The Balaban J connectivity index is 1.80. The molecule has 0 saturated heterocycles. The summed E-state index contributed by atoms with van der Waals surface area (Å²) < 4.78 is 61.9. The van der Waals surface area contributed by atoms with Crippen LogP contribution in [0, 0.1) is 23.0 Å². The van der Waals surface area contributed by atoms with Gasteiger partial charge in [0.25, 0.3) is 10.0 Å². The van der Waals surface area contributed by atoms with Gasteiger partial charge in [0.05, 0.1) is 22.0 Å². The first kappa shape index (κ1) is 21.0. The first-order chi connectivity index (χ1) is 14.9. The monoisotopic (exact) mass is 502 g/mol. The standard InChI is InChI=1S/C22H13BrF2N2O3S/c23-12-14-6-7-16(10-15(14)13-26)30-22-19(24)11-20-18(21(22)25)8-9-27(20)31(28,29)17-4-2-1-3-5-17/h1-11H,12H2. The second kappa shape index (κ2) is 8.13. The summed E-state index contributed by atoms with van der Waals surface area (Å²) in [6.45, 7) is 0. The van der Waals surface area contributed by atoms with Crippen LogP contribution in [0.1, 0.15) is 11.1 Å². The van der Waals surface area contributed by atoms with Crippen LogP contribution in [-0.2, 0) is 15.4 Å². The number of hydrogen-bond acceptors (Lipinski definition) is 4. The van der Waals surface area contributed by atoms with Crippen molar-refractivity contribution < 1.29 is 21.9 Å². The molecule has 0 aliphatic rings. The van der Waals surface area contributed by atoms with Gasteiger partial charge < -0.3 is 4.74 Å². The molecule has 156 valence electrons. The van der Waals surface area contributed by atoms with E-state index in [9.17, 15) is 18.1 Å². The highest BCUT2D eigenvalue weighted by Crippen LogP contribution is 2.35. The summed E-state index contributed by atoms with van der Waals surface area (Å²) in [6.07, 6.45) is 1.16. The summed E-state index contributed by atoms with van der Waals surface area (Å²) in [4.78, 5) is -0.00967. The van der Waals surface area contributed by atoms with E-state index in [-0.39, 0.29) is 21.5 Å². The lowest BCUT2D eigenvalue weighted by Gasteiger charge is -2.12. The van der Waals surface area contributed by atoms with Gasteiger partial charge in [-0.05, 0) is 35.9 Å². The predicted octanol–water partition coefficient (Wildman–Crippen LogP) is 5.72. The molecule has 4 rings (SSSR count). The molecule has 0 unspecified atom stereocenters. The average molecular weight is 503 g/mol. The fourth-order valence-electron chi connectivity index (χ4n) is 3.13. The van der Waals surface area contributed by atoms with Crippen LogP contribution in [0.3, 0.4) is 0 Å². The maximum Gasteiger partial charge on any atom is 0.268 e. The zero-order chi connectivity index (χ0) is 22.2. The zero-order valence-corrected chi connectivity index (χ0v) is 18.1. The molecule has 1 aromatic heterocycles. The lowest BCUT2D eigenvalue weighted by atomic mass is 10.1. The topological polar surface area (TPSA) is 72.1 Å². The fourth-order valence-corrected chi connectivity index (χ4v) is 4.98. The quantitative estimate of drug-likeness (QED) is 0.327. The summed E-state index contributed by atoms with van der Waals surface area (Å²) in [7, 11) is -4.04. The Morgan fingerprint density at radius 1 is 1.06 bits per heavy atom. The molecule has 3 aromatic carbocycles. The van der Waals surface area contributed by atoms with Gasteiger partial charge >= 0.3 is 0 Å². The van der Waals surface area contributed by atoms with E-state index >= 15 is 4.39 Å². The molecular weight excluding hydrogens is 490 g/mol. The minimum Gasteiger partial charge on any atom is -0.451 e. The van der Waals surface area contributed by atoms with E-state index in [2.05, 4.69) is 15.9 Å². The minimum atomic E-state index is -4.04. The third-order valence-corrected chi connectivity index (χ3v) is 6.98. The Kier molecular flexibility index (Phi) is 5.52. The van der Waals surface area contributed by atoms with Crippen molar-refractivity contribution in [1.82, 2.24) is 3.97 Å². The molecule has 0 amide bonds. The van der Waals surface area contributed by atoms with Gasteiger partial charge in [0.2, 0.25) is 0 Å². The second-order valence-corrected chi connectivity index (χ2v) is 8.91. The van der Waals surface area contributed by atoms with Crippen molar-refractivity contribution in [3.05, 3.63) is 89.6 Å². The summed E-state index contributed by atoms with van der Waals surface area (Å²) in [5.41, 5.74) is 0.851. The smallest absolute Gasteiger partial charge is 0.268 e. The van der Waals surface area contributed by atoms with Crippen molar-refractivity contribution in [3.8, 4) is 17.6 Å². The number of ether oxygens (including phenoxy) is 1. The molecule has 31 heavy (non-hydrogen) atoms. The van der Waals surface area contributed by atoms with Gasteiger partial charge in [-0.15, -0.1) is 0 Å². The third-order valence-electron chi connectivity index (χ3n) is 4.67. The number of aromatic nitrogens is 1. The van der Waals surface area contributed by atoms with E-state index in [1.165, 1.54) is 30.3 Å². The van der Waals surface area contributed by atoms with E-state index in [4.69, 9.17) is 4.74 Å². The molecule has 0 saturated carbocycles. The summed E-state index contributed by atoms with van der Waals surface area (Å²) in [5.74, 6) is -2.72. The van der Waals surface area contributed by atoms with Crippen LogP contribution in [0.2, 0.25) is 0 Å². The van der Waals surface area contributed by atoms with Gasteiger partial charge in [-0.2, -0.15) is 5.26 Å². The van der Waals surface area contributed by atoms with Crippen molar-refractivity contribution in [2.45, 2.75) is 10.2 Å². The van der Waals surface area contributed by atoms with Gasteiger partial charge in [-0.3, -0.25) is 0 Å². The van der Waals surface area contributed by atoms with Gasteiger partial charge in [0.15, 0.2) is 17.4 Å². The van der Waals surface area contributed by atoms with Crippen molar-refractivity contribution >= 4 is 36.9 Å². The number of fused-ring (bicyclic) bond motifs is 1. The van der Waals surface area contributed by atoms with Gasteiger partial charge in [0, 0.05) is 23.0 Å². The average Bonchev–Trinajstić information content (AvgIpc) is 3.21. The molecule has 0 aliphatic carbocycles. The number of hydrogen-bond donors (Lipinski definition) is 0. The van der Waals surface area contributed by atoms with Crippen LogP contribution in [-0.4, -0.2) is 12.4 Å². The minimum absolute atomic E-state index is 0.00967. The zero-order valence-electron chi connectivity index (χ0n) is 15.7. The van der Waals surface area contributed by atoms with E-state index in [1.807, 2.05) is 6.07 Å². The molecule has 9 heteroatoms. The highest BCUT2D eigenvalue weighted by molar-refractivity contribution is 9.08. The Hall–Kier alpha value is -3.22. The van der Waals surface area contributed by atoms with Gasteiger partial charge in [0.1, 0.15) is 5.75 Å². The van der Waals surface area contributed by atoms with Gasteiger partial charge in [-0.1, -0.05) is 40.2 Å². The van der Waals surface area contributed by atoms with Crippen LogP contribution in [0.5, 0.6) is 11.5 Å². The Bertz CT molecular complexity index is 1450. The molecule has 0 spiro atoms. The lowest BCUT2D eigenvalue weighted by molar-refractivity contribution is 0.411. The predicted molar refractivity (Wildman–Crippen MR) is 115 cm³/mol. The lowest BCUT2D eigenvalue weighted by Crippen LogP contribution is -2.11. The van der Waals surface area contributed by atoms with E-state index in [0.717, 1.165) is 16.2 Å². The SMILES string of the molecule is N#Cc1cc(Oc2c(F)cc3c(ccn3S(=O)(=O)c3ccccc3)c2F)ccc1CBr. The molecule has 0 fully saturated rings. The number of nitriles is 1. The van der Waals surface area contributed by atoms with Crippen LogP contribution >= 0.6 is 15.9 Å². The van der Waals surface area contributed by atoms with E-state index in [0.29, 0.717) is 16.5 Å². The number of halogens is 3. The highest BCUT2D eigenvalue weighted by atomic mass is 79.9. The summed E-state index contributed by atoms with van der Waals surface area (Å²) >= 11 is 3.26. The fraction of sp³-hybridized carbons (Fsp3) is 0.0455. The molecule has 0 radical (unpaired) electrons. The molecule has 0 aliphatic heterocycles. The molecule has 4 aromatic rings. The molecular formula is C22H13BrF2N2O3S. The number of benzene rings is 3. The Morgan fingerprint density at radius 3 is 2.48 bits per heavy atom. The first-order valence-electron chi connectivity index (χ1n) is 8.93. The van der Waals surface area contributed by atoms with Crippen molar-refractivity contribution in [3.63, 3.8) is 0 Å². The number of alkyl halides is 1. The molecule has 0 atom stereocenters. The normalized spacial score (nSPS) is 11.4. The number of nitrogens with zero attached hydrogens (tertiary/aromatic N) is 2. The molecule has 0 N–H and O–H groups in total. The van der Waals surface area contributed by atoms with Crippen molar-refractivity contribution in [1.29, 1.82) is 5.26 Å². The van der Waals surface area contributed by atoms with Crippen LogP contribution in [0.4, 0.5) is 8.78 Å². The number of rotatable bonds is 5. The van der Waals surface area contributed by atoms with E-state index < -0.39 is 27.4 Å². The van der Waals surface area contributed by atoms with E-state index in [1.54, 1.807) is 24.3 Å². The maximum atomic E-state index is 15.1. The maximum absolute atomic E-state index is 15.1. The molecule has 0 bridgehead atoms. The highest BCUT2D eigenvalue weighted by Gasteiger charge is 2.24. The molecule has 1 heterocycles. The third kappa shape index (κ3) is 3.69. The second-order valence-electron chi connectivity index (χ2n) is 6.53. The van der Waals surface area contributed by atoms with Crippen LogP contribution < -0.4 is 4.74 Å². The largest absolute Gasteiger partial charge is 0.451 e. The Morgan fingerprint density at radius 2 is 1.81 bits per heavy atom. The van der Waals surface area contributed by atoms with Crippen molar-refractivity contribution in [2.75, 3.05) is 0 Å². The Labute approximate surface area is 185 Å². The van der Waals surface area contributed by atoms with Crippen LogP contribution in [0.25, 0.3) is 10.9 Å². The van der Waals surface area contributed by atoms with Crippen LogP contribution in [0.15, 0.2) is 71.8 Å². The molecule has 5 nitrogen and oxygen atoms in total. The van der Waals surface area contributed by atoms with Crippen molar-refractivity contribution in [2.24, 2.45) is 0 Å².